The number of nitrogens with one attached hydrogen (secondary N) is 3. The van der Waals surface area contributed by atoms with Crippen LogP contribution in [0, 0.1) is 5.82 Å². The number of piperidine rings is 1. The van der Waals surface area contributed by atoms with Gasteiger partial charge in [0.15, 0.2) is 11.5 Å². The molecule has 35 heavy (non-hydrogen) atoms. The van der Waals surface area contributed by atoms with Crippen LogP contribution in [0.4, 0.5) is 10.1 Å². The number of aromatic nitrogens is 4. The number of H-pyrrole nitrogens is 1. The molecular weight excluding hydrogens is 475 g/mol. The van der Waals surface area contributed by atoms with E-state index in [4.69, 9.17) is 9.47 Å². The molecule has 1 aliphatic heterocycles. The Hall–Kier alpha value is -3.77. The van der Waals surface area contributed by atoms with Crippen LogP contribution in [0.15, 0.2) is 53.6 Å². The summed E-state index contributed by atoms with van der Waals surface area (Å²) in [6.07, 6.45) is 3.57. The summed E-state index contributed by atoms with van der Waals surface area (Å²) in [6, 6.07) is 9.97. The molecule has 2 aromatic heterocycles. The molecule has 1 aliphatic rings. The predicted octanol–water partition coefficient (Wildman–Crippen LogP) is 3.10. The van der Waals surface area contributed by atoms with Crippen LogP contribution in [0.3, 0.4) is 0 Å². The molecule has 4 aromatic rings. The van der Waals surface area contributed by atoms with Crippen molar-refractivity contribution in [3.63, 3.8) is 0 Å². The summed E-state index contributed by atoms with van der Waals surface area (Å²) in [5, 5.41) is 10.9. The molecule has 2 aromatic carbocycles. The van der Waals surface area contributed by atoms with Gasteiger partial charge in [-0.1, -0.05) is 0 Å². The zero-order chi connectivity index (χ0) is 24.4. The van der Waals surface area contributed by atoms with E-state index < -0.39 is 20.7 Å². The van der Waals surface area contributed by atoms with Gasteiger partial charge in [0.2, 0.25) is 5.88 Å². The van der Waals surface area contributed by atoms with Crippen LogP contribution in [0.2, 0.25) is 0 Å². The van der Waals surface area contributed by atoms with Gasteiger partial charge >= 0.3 is 0 Å². The number of sulfonamides is 1. The molecule has 1 saturated heterocycles. The van der Waals surface area contributed by atoms with Crippen LogP contribution < -0.4 is 19.5 Å². The third-order valence-electron chi connectivity index (χ3n) is 5.63. The fraction of sp³-hybridized carbons (Fsp3) is 0.261. The lowest BCUT2D eigenvalue weighted by molar-refractivity contribution is 0.163. The molecule has 10 nitrogen and oxygen atoms in total. The molecule has 3 N–H and O–H groups in total. The maximum atomic E-state index is 14.2. The van der Waals surface area contributed by atoms with E-state index in [1.165, 1.54) is 13.2 Å². The highest BCUT2D eigenvalue weighted by Crippen LogP contribution is 2.28. The summed E-state index contributed by atoms with van der Waals surface area (Å²) in [5.74, 6) is 0.187. The van der Waals surface area contributed by atoms with E-state index in [1.54, 1.807) is 30.5 Å². The van der Waals surface area contributed by atoms with Crippen molar-refractivity contribution in [2.45, 2.75) is 23.8 Å². The normalized spacial score (nSPS) is 16.2. The lowest BCUT2D eigenvalue weighted by Gasteiger charge is -2.23. The van der Waals surface area contributed by atoms with Crippen molar-refractivity contribution in [2.75, 3.05) is 24.9 Å². The van der Waals surface area contributed by atoms with E-state index >= 15 is 0 Å². The lowest BCUT2D eigenvalue weighted by atomic mass is 10.1. The van der Waals surface area contributed by atoms with E-state index in [-0.39, 0.29) is 17.5 Å². The van der Waals surface area contributed by atoms with E-state index in [0.717, 1.165) is 38.1 Å². The average molecular weight is 499 g/mol. The first-order valence-corrected chi connectivity index (χ1v) is 12.5. The van der Waals surface area contributed by atoms with Crippen molar-refractivity contribution in [3.8, 4) is 23.0 Å². The number of nitrogens with zero attached hydrogens (tertiary/aromatic N) is 3. The van der Waals surface area contributed by atoms with Gasteiger partial charge in [0.1, 0.15) is 28.0 Å². The van der Waals surface area contributed by atoms with E-state index in [2.05, 4.69) is 30.2 Å². The summed E-state index contributed by atoms with van der Waals surface area (Å²) < 4.78 is 53.2. The Morgan fingerprint density at radius 1 is 1.14 bits per heavy atom. The first kappa shape index (κ1) is 23.0. The highest BCUT2D eigenvalue weighted by Gasteiger charge is 2.21. The Balaban J connectivity index is 1.40. The Morgan fingerprint density at radius 3 is 2.71 bits per heavy atom. The fourth-order valence-corrected chi connectivity index (χ4v) is 4.97. The first-order chi connectivity index (χ1) is 16.9. The van der Waals surface area contributed by atoms with Gasteiger partial charge in [0.25, 0.3) is 10.0 Å². The molecule has 1 atom stereocenters. The third kappa shape index (κ3) is 4.88. The summed E-state index contributed by atoms with van der Waals surface area (Å²) in [5.41, 5.74) is 1.43. The Morgan fingerprint density at radius 2 is 1.97 bits per heavy atom. The van der Waals surface area contributed by atoms with Crippen LogP contribution in [0.25, 0.3) is 22.4 Å². The van der Waals surface area contributed by atoms with Gasteiger partial charge in [-0.05, 0) is 55.8 Å². The van der Waals surface area contributed by atoms with Crippen molar-refractivity contribution < 1.29 is 22.3 Å². The molecule has 5 rings (SSSR count). The van der Waals surface area contributed by atoms with Gasteiger partial charge in [-0.3, -0.25) is 9.82 Å². The SMILES string of the molecule is COc1ccc(F)c(S(=O)(=O)Nc2ccc(-c3nc(OC4CCCNC4)c4cn[nH]c4n3)cc2)c1. The van der Waals surface area contributed by atoms with Gasteiger partial charge in [0, 0.05) is 23.9 Å². The average Bonchev–Trinajstić information content (AvgIpc) is 3.34. The maximum absolute atomic E-state index is 14.2. The third-order valence-corrected chi connectivity index (χ3v) is 7.02. The van der Waals surface area contributed by atoms with E-state index in [0.29, 0.717) is 28.3 Å². The minimum absolute atomic E-state index is 0.00149. The standard InChI is InChI=1S/C23H23FN6O4S/c1-33-16-8-9-19(24)20(11-16)35(31,32)30-15-6-4-14(5-7-15)21-27-22-18(13-26-29-22)23(28-21)34-17-3-2-10-25-12-17/h4-9,11,13,17,25,30H,2-3,10,12H2,1H3,(H,26,27,28,29). The number of rotatable bonds is 7. The second kappa shape index (κ2) is 9.47. The van der Waals surface area contributed by atoms with Gasteiger partial charge in [-0.25, -0.2) is 17.8 Å². The number of fused-ring (bicyclic) bond motifs is 1. The molecule has 0 amide bonds. The quantitative estimate of drug-likeness (QED) is 0.354. The molecular formula is C23H23FN6O4S. The van der Waals surface area contributed by atoms with Crippen LogP contribution >= 0.6 is 0 Å². The Bertz CT molecular complexity index is 1450. The second-order valence-corrected chi connectivity index (χ2v) is 9.70. The molecule has 1 unspecified atom stereocenters. The molecule has 0 spiro atoms. The van der Waals surface area contributed by atoms with E-state index in [9.17, 15) is 12.8 Å². The van der Waals surface area contributed by atoms with Crippen LogP contribution in [0.1, 0.15) is 12.8 Å². The summed E-state index contributed by atoms with van der Waals surface area (Å²) >= 11 is 0. The monoisotopic (exact) mass is 498 g/mol. The van der Waals surface area contributed by atoms with Crippen molar-refractivity contribution in [1.29, 1.82) is 0 Å². The van der Waals surface area contributed by atoms with Crippen LogP contribution in [-0.2, 0) is 10.0 Å². The molecule has 0 saturated carbocycles. The lowest BCUT2D eigenvalue weighted by Crippen LogP contribution is -2.37. The van der Waals surface area contributed by atoms with Crippen molar-refractivity contribution >= 4 is 26.7 Å². The number of anilines is 1. The smallest absolute Gasteiger partial charge is 0.264 e. The van der Waals surface area contributed by atoms with Crippen LogP contribution in [-0.4, -0.2) is 54.9 Å². The minimum atomic E-state index is -4.17. The summed E-state index contributed by atoms with van der Waals surface area (Å²) in [4.78, 5) is 8.61. The fourth-order valence-electron chi connectivity index (χ4n) is 3.82. The van der Waals surface area contributed by atoms with Gasteiger partial charge in [-0.15, -0.1) is 0 Å². The summed E-state index contributed by atoms with van der Waals surface area (Å²) in [7, 11) is -2.80. The minimum Gasteiger partial charge on any atom is -0.497 e. The zero-order valence-corrected chi connectivity index (χ0v) is 19.6. The molecule has 3 heterocycles. The topological polar surface area (TPSA) is 131 Å². The highest BCUT2D eigenvalue weighted by atomic mass is 32.2. The molecule has 0 aliphatic carbocycles. The second-order valence-electron chi connectivity index (χ2n) is 8.05. The van der Waals surface area contributed by atoms with Gasteiger partial charge < -0.3 is 14.8 Å². The number of hydrogen-bond donors (Lipinski definition) is 3. The molecule has 1 fully saturated rings. The maximum Gasteiger partial charge on any atom is 0.264 e. The van der Waals surface area contributed by atoms with Gasteiger partial charge in [-0.2, -0.15) is 10.1 Å². The largest absolute Gasteiger partial charge is 0.497 e. The van der Waals surface area contributed by atoms with Gasteiger partial charge in [0.05, 0.1) is 13.3 Å². The molecule has 12 heteroatoms. The number of halogens is 1. The van der Waals surface area contributed by atoms with E-state index in [1.807, 2.05) is 0 Å². The van der Waals surface area contributed by atoms with Crippen molar-refractivity contribution in [1.82, 2.24) is 25.5 Å². The molecule has 0 bridgehead atoms. The highest BCUT2D eigenvalue weighted by molar-refractivity contribution is 7.92. The molecule has 0 radical (unpaired) electrons. The summed E-state index contributed by atoms with van der Waals surface area (Å²) in [6.45, 7) is 1.71. The first-order valence-electron chi connectivity index (χ1n) is 11.0. The van der Waals surface area contributed by atoms with Crippen LogP contribution in [0.5, 0.6) is 11.6 Å². The number of hydrogen-bond acceptors (Lipinski definition) is 8. The number of benzene rings is 2. The number of ether oxygens (including phenoxy) is 2. The zero-order valence-electron chi connectivity index (χ0n) is 18.8. The predicted molar refractivity (Wildman–Crippen MR) is 127 cm³/mol. The Labute approximate surface area is 201 Å². The van der Waals surface area contributed by atoms with Crippen molar-refractivity contribution in [2.24, 2.45) is 0 Å². The molecule has 182 valence electrons. The van der Waals surface area contributed by atoms with Crippen molar-refractivity contribution in [3.05, 3.63) is 54.5 Å². The Kier molecular flexibility index (Phi) is 6.22. The number of methoxy groups -OCH3 is 1. The number of aromatic amines is 1.